The van der Waals surface area contributed by atoms with E-state index in [9.17, 15) is 9.18 Å². The van der Waals surface area contributed by atoms with Crippen molar-refractivity contribution in [1.29, 1.82) is 0 Å². The van der Waals surface area contributed by atoms with Gasteiger partial charge in [-0.1, -0.05) is 19.2 Å². The molecule has 0 spiro atoms. The average molecular weight is 234 g/mol. The zero-order valence-electron chi connectivity index (χ0n) is 9.37. The van der Waals surface area contributed by atoms with Crippen molar-refractivity contribution in [1.82, 2.24) is 4.98 Å². The molecule has 4 heteroatoms. The third-order valence-corrected chi connectivity index (χ3v) is 2.64. The van der Waals surface area contributed by atoms with E-state index in [4.69, 9.17) is 0 Å². The topological polar surface area (TPSA) is 42.0 Å². The quantitative estimate of drug-likeness (QED) is 0.642. The third kappa shape index (κ3) is 2.58. The molecule has 1 saturated carbocycles. The van der Waals surface area contributed by atoms with Crippen molar-refractivity contribution in [2.45, 2.75) is 12.8 Å². The van der Waals surface area contributed by atoms with Gasteiger partial charge in [-0.2, -0.15) is 4.39 Å². The molecule has 90 valence electrons. The lowest BCUT2D eigenvalue weighted by molar-refractivity contribution is -0.117. The van der Waals surface area contributed by atoms with E-state index >= 15 is 0 Å². The molecule has 0 aliphatic heterocycles. The van der Waals surface area contributed by atoms with Crippen LogP contribution < -0.4 is 5.32 Å². The van der Waals surface area contributed by atoms with Gasteiger partial charge in [0.25, 0.3) is 0 Å². The van der Waals surface area contributed by atoms with Crippen LogP contribution in [0.2, 0.25) is 0 Å². The number of hydrogen-bond acceptors (Lipinski definition) is 2. The van der Waals surface area contributed by atoms with E-state index in [1.165, 1.54) is 12.1 Å². The summed E-state index contributed by atoms with van der Waals surface area (Å²) in [4.78, 5) is 15.1. The van der Waals surface area contributed by atoms with E-state index in [1.807, 2.05) is 0 Å². The first-order valence-electron chi connectivity index (χ1n) is 5.41. The fraction of sp³-hybridized carbons (Fsp3) is 0.231. The Balaban J connectivity index is 0.00000162. The molecule has 1 heterocycles. The molecule has 3 nitrogen and oxygen atoms in total. The average Bonchev–Trinajstić information content (AvgIpc) is 3.12. The molecule has 0 saturated heterocycles. The lowest BCUT2D eigenvalue weighted by Crippen LogP contribution is -2.14. The van der Waals surface area contributed by atoms with Crippen LogP contribution in [0.5, 0.6) is 0 Å². The van der Waals surface area contributed by atoms with E-state index in [2.05, 4.69) is 23.5 Å². The summed E-state index contributed by atoms with van der Waals surface area (Å²) in [5, 5.41) is 2.58. The highest BCUT2D eigenvalue weighted by atomic mass is 19.1. The van der Waals surface area contributed by atoms with Crippen LogP contribution in [0.4, 0.5) is 10.2 Å². The summed E-state index contributed by atoms with van der Waals surface area (Å²) < 4.78 is 13.6. The number of allylic oxidation sites excluding steroid dienone is 2. The summed E-state index contributed by atoms with van der Waals surface area (Å²) in [6.45, 7) is 7.16. The largest absolute Gasteiger partial charge is 0.310 e. The maximum atomic E-state index is 13.6. The summed E-state index contributed by atoms with van der Waals surface area (Å²) in [7, 11) is 0. The molecule has 1 aromatic heterocycles. The minimum atomic E-state index is -0.650. The van der Waals surface area contributed by atoms with Crippen molar-refractivity contribution < 1.29 is 10.6 Å². The van der Waals surface area contributed by atoms with Gasteiger partial charge < -0.3 is 5.32 Å². The first-order chi connectivity index (χ1) is 8.11. The van der Waals surface area contributed by atoms with Crippen LogP contribution in [0.3, 0.4) is 0 Å². The van der Waals surface area contributed by atoms with E-state index in [-0.39, 0.29) is 19.1 Å². The SMILES string of the molecule is C=CC(=C)c1ccc(NC(=O)C2CC2)nc1F.[HH]. The number of pyridine rings is 1. The number of rotatable bonds is 4. The van der Waals surface area contributed by atoms with Gasteiger partial charge in [0.1, 0.15) is 5.82 Å². The van der Waals surface area contributed by atoms with Crippen molar-refractivity contribution in [2.75, 3.05) is 5.32 Å². The van der Waals surface area contributed by atoms with Crippen molar-refractivity contribution in [3.05, 3.63) is 42.9 Å². The molecular weight excluding hydrogens is 219 g/mol. The molecule has 17 heavy (non-hydrogen) atoms. The second-order valence-electron chi connectivity index (χ2n) is 4.03. The lowest BCUT2D eigenvalue weighted by Gasteiger charge is -2.06. The molecule has 1 amide bonds. The van der Waals surface area contributed by atoms with Crippen molar-refractivity contribution >= 4 is 17.3 Å². The second-order valence-corrected chi connectivity index (χ2v) is 4.03. The Labute approximate surface area is 101 Å². The molecule has 1 aliphatic rings. The number of nitrogens with zero attached hydrogens (tertiary/aromatic N) is 1. The minimum Gasteiger partial charge on any atom is -0.310 e. The van der Waals surface area contributed by atoms with Gasteiger partial charge in [0.15, 0.2) is 0 Å². The lowest BCUT2D eigenvalue weighted by atomic mass is 10.1. The molecular formula is C13H15FN2O. The highest BCUT2D eigenvalue weighted by Crippen LogP contribution is 2.30. The van der Waals surface area contributed by atoms with Crippen LogP contribution in [0.1, 0.15) is 19.8 Å². The van der Waals surface area contributed by atoms with Crippen LogP contribution >= 0.6 is 0 Å². The monoisotopic (exact) mass is 234 g/mol. The zero-order valence-corrected chi connectivity index (χ0v) is 9.37. The molecule has 0 radical (unpaired) electrons. The third-order valence-electron chi connectivity index (χ3n) is 2.64. The number of nitrogens with one attached hydrogen (secondary N) is 1. The highest BCUT2D eigenvalue weighted by molar-refractivity contribution is 5.93. The standard InChI is InChI=1S/C13H13FN2O.H2/c1-3-8(2)10-6-7-11(15-12(10)14)16-13(17)9-4-5-9;/h3,6-7,9H,1-2,4-5H2,(H,15,16,17);1H. The Morgan fingerprint density at radius 3 is 2.82 bits per heavy atom. The number of carbonyl (C=O) groups is 1. The molecule has 1 aliphatic carbocycles. The van der Waals surface area contributed by atoms with Crippen LogP contribution in [-0.4, -0.2) is 10.9 Å². The Hall–Kier alpha value is -1.97. The van der Waals surface area contributed by atoms with Gasteiger partial charge in [-0.25, -0.2) is 4.98 Å². The van der Waals surface area contributed by atoms with Crippen molar-refractivity contribution in [3.8, 4) is 0 Å². The molecule has 0 bridgehead atoms. The fourth-order valence-electron chi connectivity index (χ4n) is 1.43. The summed E-state index contributed by atoms with van der Waals surface area (Å²) >= 11 is 0. The predicted octanol–water partition coefficient (Wildman–Crippen LogP) is 3.01. The van der Waals surface area contributed by atoms with Gasteiger partial charge in [0.2, 0.25) is 11.9 Å². The Morgan fingerprint density at radius 2 is 2.29 bits per heavy atom. The van der Waals surface area contributed by atoms with Gasteiger partial charge in [-0.05, 0) is 30.5 Å². The van der Waals surface area contributed by atoms with Gasteiger partial charge in [0.05, 0.1) is 0 Å². The molecule has 0 unspecified atom stereocenters. The second kappa shape index (κ2) is 4.49. The number of amides is 1. The predicted molar refractivity (Wildman–Crippen MR) is 66.9 cm³/mol. The van der Waals surface area contributed by atoms with E-state index < -0.39 is 5.95 Å². The number of halogens is 1. The van der Waals surface area contributed by atoms with Crippen LogP contribution in [-0.2, 0) is 4.79 Å². The van der Waals surface area contributed by atoms with Crippen LogP contribution in [0.15, 0.2) is 31.4 Å². The number of carbonyl (C=O) groups excluding carboxylic acids is 1. The van der Waals surface area contributed by atoms with E-state index in [0.29, 0.717) is 11.1 Å². The van der Waals surface area contributed by atoms with Gasteiger partial charge in [-0.15, -0.1) is 0 Å². The highest BCUT2D eigenvalue weighted by Gasteiger charge is 2.29. The minimum absolute atomic E-state index is 0. The zero-order chi connectivity index (χ0) is 12.4. The van der Waals surface area contributed by atoms with E-state index in [1.54, 1.807) is 6.07 Å². The van der Waals surface area contributed by atoms with Crippen LogP contribution in [0, 0.1) is 11.9 Å². The van der Waals surface area contributed by atoms with Crippen LogP contribution in [0.25, 0.3) is 5.57 Å². The smallest absolute Gasteiger partial charge is 0.228 e. The number of hydrogen-bond donors (Lipinski definition) is 1. The molecule has 0 atom stereocenters. The maximum absolute atomic E-state index is 13.6. The first-order valence-corrected chi connectivity index (χ1v) is 5.41. The summed E-state index contributed by atoms with van der Waals surface area (Å²) in [5.74, 6) is -0.432. The first kappa shape index (κ1) is 11.5. The molecule has 1 fully saturated rings. The van der Waals surface area contributed by atoms with Crippen molar-refractivity contribution in [2.24, 2.45) is 5.92 Å². The Kier molecular flexibility index (Phi) is 3.04. The molecule has 0 aromatic carbocycles. The fourth-order valence-corrected chi connectivity index (χ4v) is 1.43. The molecule has 1 aromatic rings. The normalized spacial score (nSPS) is 14.2. The van der Waals surface area contributed by atoms with Gasteiger partial charge in [-0.3, -0.25) is 4.79 Å². The van der Waals surface area contributed by atoms with Gasteiger partial charge in [0, 0.05) is 12.9 Å². The Bertz CT molecular complexity index is 498. The van der Waals surface area contributed by atoms with E-state index in [0.717, 1.165) is 12.8 Å². The maximum Gasteiger partial charge on any atom is 0.228 e. The summed E-state index contributed by atoms with van der Waals surface area (Å²) in [6, 6.07) is 3.10. The number of aromatic nitrogens is 1. The summed E-state index contributed by atoms with van der Waals surface area (Å²) in [5.41, 5.74) is 0.763. The van der Waals surface area contributed by atoms with Gasteiger partial charge >= 0.3 is 0 Å². The molecule has 2 rings (SSSR count). The van der Waals surface area contributed by atoms with Crippen molar-refractivity contribution in [3.63, 3.8) is 0 Å². The Morgan fingerprint density at radius 1 is 1.59 bits per heavy atom. The summed E-state index contributed by atoms with van der Waals surface area (Å²) in [6.07, 6.45) is 3.27. The molecule has 1 N–H and O–H groups in total. The number of anilines is 1.